The number of hydrogen-bond acceptors (Lipinski definition) is 4. The summed E-state index contributed by atoms with van der Waals surface area (Å²) in [6.07, 6.45) is 5.63. The third kappa shape index (κ3) is 4.56. The number of nitrogens with two attached hydrogens (primary N) is 1. The summed E-state index contributed by atoms with van der Waals surface area (Å²) in [5.74, 6) is -0.00397. The fraction of sp³-hybridized carbons (Fsp3) is 0.444. The maximum atomic E-state index is 12.3. The Hall–Kier alpha value is -1.43. The molecule has 0 atom stereocenters. The zero-order valence-electron chi connectivity index (χ0n) is 13.7. The lowest BCUT2D eigenvalue weighted by molar-refractivity contribution is -0.127. The van der Waals surface area contributed by atoms with Crippen molar-refractivity contribution in [1.29, 1.82) is 0 Å². The molecule has 1 saturated carbocycles. The molecule has 3 N–H and O–H groups in total. The number of nitrogens with one attached hydrogen (secondary N) is 1. The van der Waals surface area contributed by atoms with Crippen LogP contribution in [0.5, 0.6) is 0 Å². The van der Waals surface area contributed by atoms with Crippen molar-refractivity contribution in [2.75, 3.05) is 6.54 Å². The minimum Gasteiger partial charge on any atom is -0.354 e. The summed E-state index contributed by atoms with van der Waals surface area (Å²) in [4.78, 5) is 16.9. The van der Waals surface area contributed by atoms with Crippen LogP contribution in [0.4, 0.5) is 0 Å². The van der Waals surface area contributed by atoms with E-state index in [1.54, 1.807) is 11.3 Å². The van der Waals surface area contributed by atoms with Crippen LogP contribution < -0.4 is 11.1 Å². The standard InChI is InChI=1S/C18H23N3OS.ClH/c19-18(10-5-2-6-11-18)17(22)20-12-9-15-13-23-16(21-15)14-7-3-1-4-8-14;/h1,3-4,7-8,13H,2,5-6,9-12,19H2,(H,20,22);1H. The number of carbonyl (C=O) groups excluding carboxylic acids is 1. The zero-order chi connectivity index (χ0) is 16.1. The van der Waals surface area contributed by atoms with E-state index in [2.05, 4.69) is 27.8 Å². The first-order valence-electron chi connectivity index (χ1n) is 8.24. The van der Waals surface area contributed by atoms with Crippen molar-refractivity contribution >= 4 is 29.7 Å². The molecule has 0 spiro atoms. The Labute approximate surface area is 153 Å². The summed E-state index contributed by atoms with van der Waals surface area (Å²) in [5, 5.41) is 6.08. The van der Waals surface area contributed by atoms with E-state index in [-0.39, 0.29) is 18.3 Å². The van der Waals surface area contributed by atoms with Crippen LogP contribution in [0.15, 0.2) is 35.7 Å². The average molecular weight is 366 g/mol. The van der Waals surface area contributed by atoms with Gasteiger partial charge in [-0.3, -0.25) is 4.79 Å². The van der Waals surface area contributed by atoms with Crippen molar-refractivity contribution in [3.63, 3.8) is 0 Å². The Morgan fingerprint density at radius 1 is 1.21 bits per heavy atom. The first-order valence-corrected chi connectivity index (χ1v) is 9.12. The molecule has 3 rings (SSSR count). The maximum absolute atomic E-state index is 12.3. The van der Waals surface area contributed by atoms with Crippen LogP contribution in [0.1, 0.15) is 37.8 Å². The summed E-state index contributed by atoms with van der Waals surface area (Å²) in [5.41, 5.74) is 7.73. The number of carbonyl (C=O) groups is 1. The second-order valence-corrected chi connectivity index (χ2v) is 7.09. The molecule has 0 saturated heterocycles. The van der Waals surface area contributed by atoms with Gasteiger partial charge in [0, 0.05) is 23.9 Å². The Morgan fingerprint density at radius 3 is 2.62 bits per heavy atom. The molecule has 6 heteroatoms. The minimum absolute atomic E-state index is 0. The molecule has 0 aliphatic heterocycles. The zero-order valence-corrected chi connectivity index (χ0v) is 15.3. The van der Waals surface area contributed by atoms with E-state index in [1.807, 2.05) is 18.2 Å². The summed E-state index contributed by atoms with van der Waals surface area (Å²) in [6, 6.07) is 10.2. The summed E-state index contributed by atoms with van der Waals surface area (Å²) in [6.45, 7) is 0.593. The van der Waals surface area contributed by atoms with Gasteiger partial charge in [0.05, 0.1) is 11.2 Å². The molecular weight excluding hydrogens is 342 g/mol. The van der Waals surface area contributed by atoms with Crippen LogP contribution in [0.2, 0.25) is 0 Å². The molecule has 130 valence electrons. The van der Waals surface area contributed by atoms with Gasteiger partial charge in [-0.25, -0.2) is 4.98 Å². The van der Waals surface area contributed by atoms with Crippen LogP contribution in [0.25, 0.3) is 10.6 Å². The van der Waals surface area contributed by atoms with Gasteiger partial charge >= 0.3 is 0 Å². The smallest absolute Gasteiger partial charge is 0.240 e. The number of rotatable bonds is 5. The number of benzene rings is 1. The Kier molecular flexibility index (Phi) is 6.78. The Balaban J connectivity index is 0.00000208. The lowest BCUT2D eigenvalue weighted by atomic mass is 9.82. The molecule has 24 heavy (non-hydrogen) atoms. The second kappa shape index (κ2) is 8.60. The van der Waals surface area contributed by atoms with Gasteiger partial charge in [0.25, 0.3) is 0 Å². The highest BCUT2D eigenvalue weighted by atomic mass is 35.5. The van der Waals surface area contributed by atoms with Crippen molar-refractivity contribution in [2.24, 2.45) is 5.73 Å². The number of halogens is 1. The molecule has 1 aromatic heterocycles. The van der Waals surface area contributed by atoms with Crippen molar-refractivity contribution in [2.45, 2.75) is 44.1 Å². The van der Waals surface area contributed by atoms with E-state index in [0.29, 0.717) is 6.54 Å². The molecule has 1 aliphatic carbocycles. The maximum Gasteiger partial charge on any atom is 0.240 e. The van der Waals surface area contributed by atoms with E-state index in [1.165, 1.54) is 6.42 Å². The monoisotopic (exact) mass is 365 g/mol. The topological polar surface area (TPSA) is 68.0 Å². The third-order valence-corrected chi connectivity index (χ3v) is 5.38. The van der Waals surface area contributed by atoms with E-state index < -0.39 is 5.54 Å². The summed E-state index contributed by atoms with van der Waals surface area (Å²) < 4.78 is 0. The van der Waals surface area contributed by atoms with E-state index in [9.17, 15) is 4.79 Å². The van der Waals surface area contributed by atoms with E-state index in [4.69, 9.17) is 5.73 Å². The fourth-order valence-electron chi connectivity index (χ4n) is 3.02. The molecule has 1 heterocycles. The minimum atomic E-state index is -0.657. The van der Waals surface area contributed by atoms with Gasteiger partial charge in [0.15, 0.2) is 0 Å². The molecule has 0 radical (unpaired) electrons. The molecule has 1 aromatic carbocycles. The molecule has 0 unspecified atom stereocenters. The molecule has 1 aliphatic rings. The lowest BCUT2D eigenvalue weighted by Gasteiger charge is -2.31. The Bertz CT molecular complexity index is 653. The van der Waals surface area contributed by atoms with Crippen molar-refractivity contribution in [1.82, 2.24) is 10.3 Å². The van der Waals surface area contributed by atoms with Gasteiger partial charge < -0.3 is 11.1 Å². The van der Waals surface area contributed by atoms with Gasteiger partial charge in [-0.2, -0.15) is 0 Å². The van der Waals surface area contributed by atoms with Gasteiger partial charge in [-0.05, 0) is 12.8 Å². The average Bonchev–Trinajstić information content (AvgIpc) is 3.05. The van der Waals surface area contributed by atoms with Crippen LogP contribution in [0, 0.1) is 0 Å². The predicted molar refractivity (Wildman–Crippen MR) is 102 cm³/mol. The lowest BCUT2D eigenvalue weighted by Crippen LogP contribution is -2.55. The summed E-state index contributed by atoms with van der Waals surface area (Å²) in [7, 11) is 0. The molecule has 1 fully saturated rings. The van der Waals surface area contributed by atoms with Gasteiger partial charge in [-0.1, -0.05) is 49.6 Å². The first kappa shape index (κ1) is 18.9. The highest BCUT2D eigenvalue weighted by molar-refractivity contribution is 7.13. The highest BCUT2D eigenvalue weighted by Crippen LogP contribution is 2.26. The molecule has 0 bridgehead atoms. The van der Waals surface area contributed by atoms with Crippen LogP contribution >= 0.6 is 23.7 Å². The molecule has 4 nitrogen and oxygen atoms in total. The normalized spacial score (nSPS) is 16.2. The predicted octanol–water partition coefficient (Wildman–Crippen LogP) is 3.55. The first-order chi connectivity index (χ1) is 11.2. The third-order valence-electron chi connectivity index (χ3n) is 4.44. The van der Waals surface area contributed by atoms with Gasteiger partial charge in [0.2, 0.25) is 5.91 Å². The number of aromatic nitrogens is 1. The Morgan fingerprint density at radius 2 is 1.92 bits per heavy atom. The van der Waals surface area contributed by atoms with Crippen LogP contribution in [-0.4, -0.2) is 23.0 Å². The quantitative estimate of drug-likeness (QED) is 0.851. The van der Waals surface area contributed by atoms with Crippen LogP contribution in [0.3, 0.4) is 0 Å². The van der Waals surface area contributed by atoms with Crippen LogP contribution in [-0.2, 0) is 11.2 Å². The number of nitrogens with zero attached hydrogens (tertiary/aromatic N) is 1. The highest BCUT2D eigenvalue weighted by Gasteiger charge is 2.34. The number of amides is 1. The van der Waals surface area contributed by atoms with E-state index in [0.717, 1.165) is 48.4 Å². The SMILES string of the molecule is Cl.NC1(C(=O)NCCc2csc(-c3ccccc3)n2)CCCCC1. The van der Waals surface area contributed by atoms with Crippen molar-refractivity contribution < 1.29 is 4.79 Å². The molecular formula is C18H24ClN3OS. The van der Waals surface area contributed by atoms with Crippen molar-refractivity contribution in [3.05, 3.63) is 41.4 Å². The van der Waals surface area contributed by atoms with Gasteiger partial charge in [0.1, 0.15) is 5.01 Å². The van der Waals surface area contributed by atoms with Gasteiger partial charge in [-0.15, -0.1) is 23.7 Å². The molecule has 1 amide bonds. The van der Waals surface area contributed by atoms with E-state index >= 15 is 0 Å². The summed E-state index contributed by atoms with van der Waals surface area (Å²) >= 11 is 1.64. The second-order valence-electron chi connectivity index (χ2n) is 6.23. The fourth-order valence-corrected chi connectivity index (χ4v) is 3.89. The number of hydrogen-bond donors (Lipinski definition) is 2. The number of thiazole rings is 1. The largest absolute Gasteiger partial charge is 0.354 e. The molecule has 2 aromatic rings. The van der Waals surface area contributed by atoms with Crippen molar-refractivity contribution in [3.8, 4) is 10.6 Å².